The van der Waals surface area contributed by atoms with Crippen LogP contribution in [0.3, 0.4) is 0 Å². The van der Waals surface area contributed by atoms with Crippen molar-refractivity contribution in [1.29, 1.82) is 0 Å². The van der Waals surface area contributed by atoms with Crippen molar-refractivity contribution >= 4 is 0 Å². The van der Waals surface area contributed by atoms with Crippen molar-refractivity contribution in [3.8, 4) is 0 Å². The molecular formula is C14H26O4. The predicted octanol–water partition coefficient (Wildman–Crippen LogP) is 1.83. The van der Waals surface area contributed by atoms with Crippen LogP contribution in [0.2, 0.25) is 0 Å². The average molecular weight is 258 g/mol. The molecule has 2 N–H and O–H groups in total. The zero-order valence-electron chi connectivity index (χ0n) is 11.3. The molecule has 1 spiro atoms. The van der Waals surface area contributed by atoms with Crippen LogP contribution >= 0.6 is 0 Å². The van der Waals surface area contributed by atoms with E-state index in [9.17, 15) is 5.11 Å². The van der Waals surface area contributed by atoms with Crippen molar-refractivity contribution in [3.63, 3.8) is 0 Å². The van der Waals surface area contributed by atoms with Crippen LogP contribution in [0.5, 0.6) is 0 Å². The van der Waals surface area contributed by atoms with E-state index in [-0.39, 0.29) is 12.7 Å². The summed E-state index contributed by atoms with van der Waals surface area (Å²) in [5, 5.41) is 19.0. The van der Waals surface area contributed by atoms with Crippen molar-refractivity contribution in [3.05, 3.63) is 0 Å². The van der Waals surface area contributed by atoms with Crippen LogP contribution in [0.4, 0.5) is 0 Å². The first-order valence-corrected chi connectivity index (χ1v) is 7.26. The summed E-state index contributed by atoms with van der Waals surface area (Å²) in [6.07, 6.45) is 6.23. The summed E-state index contributed by atoms with van der Waals surface area (Å²) < 4.78 is 11.8. The molecule has 3 atom stereocenters. The molecule has 18 heavy (non-hydrogen) atoms. The summed E-state index contributed by atoms with van der Waals surface area (Å²) in [6.45, 7) is 2.73. The lowest BCUT2D eigenvalue weighted by Crippen LogP contribution is -2.36. The molecule has 1 heterocycles. The molecule has 0 aromatic heterocycles. The van der Waals surface area contributed by atoms with Gasteiger partial charge in [-0.25, -0.2) is 0 Å². The van der Waals surface area contributed by atoms with E-state index < -0.39 is 11.9 Å². The Hall–Kier alpha value is -0.160. The monoisotopic (exact) mass is 258 g/mol. The number of aliphatic hydroxyl groups is 2. The Balaban J connectivity index is 1.80. The minimum Gasteiger partial charge on any atom is -0.396 e. The van der Waals surface area contributed by atoms with Gasteiger partial charge in [0.1, 0.15) is 6.10 Å². The minimum atomic E-state index is -0.479. The molecule has 106 valence electrons. The van der Waals surface area contributed by atoms with E-state index in [0.29, 0.717) is 18.9 Å². The summed E-state index contributed by atoms with van der Waals surface area (Å²) in [7, 11) is 0. The Morgan fingerprint density at radius 2 is 2.00 bits per heavy atom. The second-order valence-electron chi connectivity index (χ2n) is 5.86. The van der Waals surface area contributed by atoms with Gasteiger partial charge in [0, 0.05) is 19.4 Å². The van der Waals surface area contributed by atoms with Gasteiger partial charge >= 0.3 is 0 Å². The van der Waals surface area contributed by atoms with Gasteiger partial charge in [-0.3, -0.25) is 0 Å². The number of rotatable bonds is 5. The fraction of sp³-hybridized carbons (Fsp3) is 1.00. The Labute approximate surface area is 109 Å². The first-order valence-electron chi connectivity index (χ1n) is 7.26. The highest BCUT2D eigenvalue weighted by molar-refractivity contribution is 4.85. The van der Waals surface area contributed by atoms with Crippen LogP contribution < -0.4 is 0 Å². The van der Waals surface area contributed by atoms with E-state index >= 15 is 0 Å². The van der Waals surface area contributed by atoms with Gasteiger partial charge in [-0.15, -0.1) is 0 Å². The summed E-state index contributed by atoms with van der Waals surface area (Å²) in [5.41, 5.74) is 0. The molecule has 0 aromatic carbocycles. The zero-order chi connectivity index (χ0) is 13.0. The highest BCUT2D eigenvalue weighted by atomic mass is 16.7. The highest BCUT2D eigenvalue weighted by Gasteiger charge is 2.44. The topological polar surface area (TPSA) is 58.9 Å². The third-order valence-corrected chi connectivity index (χ3v) is 4.19. The molecule has 1 aliphatic carbocycles. The fourth-order valence-electron chi connectivity index (χ4n) is 3.02. The highest BCUT2D eigenvalue weighted by Crippen LogP contribution is 2.39. The van der Waals surface area contributed by atoms with Crippen molar-refractivity contribution in [2.45, 2.75) is 69.9 Å². The van der Waals surface area contributed by atoms with Gasteiger partial charge in [-0.1, -0.05) is 13.3 Å². The van der Waals surface area contributed by atoms with Gasteiger partial charge in [-0.2, -0.15) is 0 Å². The third-order valence-electron chi connectivity index (χ3n) is 4.19. The lowest BCUT2D eigenvalue weighted by molar-refractivity contribution is -0.196. The second-order valence-corrected chi connectivity index (χ2v) is 5.86. The maximum Gasteiger partial charge on any atom is 0.169 e. The summed E-state index contributed by atoms with van der Waals surface area (Å²) in [5.74, 6) is -0.0825. The number of hydrogen-bond donors (Lipinski definition) is 2. The predicted molar refractivity (Wildman–Crippen MR) is 68.1 cm³/mol. The molecule has 1 aliphatic heterocycles. The van der Waals surface area contributed by atoms with E-state index in [4.69, 9.17) is 14.6 Å². The molecule has 0 amide bonds. The van der Waals surface area contributed by atoms with Crippen LogP contribution in [0, 0.1) is 5.92 Å². The average Bonchev–Trinajstić information content (AvgIpc) is 2.74. The molecule has 0 aromatic rings. The molecule has 0 unspecified atom stereocenters. The van der Waals surface area contributed by atoms with Crippen molar-refractivity contribution in [2.24, 2.45) is 5.92 Å². The van der Waals surface area contributed by atoms with Gasteiger partial charge in [-0.05, 0) is 31.6 Å². The van der Waals surface area contributed by atoms with Gasteiger partial charge in [0.25, 0.3) is 0 Å². The number of ether oxygens (including phenoxy) is 2. The van der Waals surface area contributed by atoms with Crippen molar-refractivity contribution < 1.29 is 19.7 Å². The quantitative estimate of drug-likeness (QED) is 0.790. The second kappa shape index (κ2) is 6.33. The molecule has 1 saturated carbocycles. The summed E-state index contributed by atoms with van der Waals surface area (Å²) in [4.78, 5) is 0. The largest absolute Gasteiger partial charge is 0.396 e. The van der Waals surface area contributed by atoms with Crippen LogP contribution in [0.25, 0.3) is 0 Å². The Morgan fingerprint density at radius 3 is 2.67 bits per heavy atom. The SMILES string of the molecule is C[C@@H](CCO)C[C@@H](O)[C@H]1COC2(CCCCC2)O1. The molecule has 2 rings (SSSR count). The van der Waals surface area contributed by atoms with Crippen molar-refractivity contribution in [2.75, 3.05) is 13.2 Å². The van der Waals surface area contributed by atoms with Crippen molar-refractivity contribution in [1.82, 2.24) is 0 Å². The molecule has 0 radical (unpaired) electrons. The normalized spacial score (nSPS) is 30.5. The number of aliphatic hydroxyl groups excluding tert-OH is 2. The Kier molecular flexibility index (Phi) is 5.01. The summed E-state index contributed by atoms with van der Waals surface area (Å²) >= 11 is 0. The van der Waals surface area contributed by atoms with Gasteiger partial charge in [0.15, 0.2) is 5.79 Å². The van der Waals surface area contributed by atoms with Crippen LogP contribution in [0.15, 0.2) is 0 Å². The summed E-state index contributed by atoms with van der Waals surface area (Å²) in [6, 6.07) is 0. The molecule has 1 saturated heterocycles. The maximum atomic E-state index is 10.2. The number of hydrogen-bond acceptors (Lipinski definition) is 4. The zero-order valence-corrected chi connectivity index (χ0v) is 11.3. The van der Waals surface area contributed by atoms with E-state index in [0.717, 1.165) is 32.1 Å². The molecule has 0 bridgehead atoms. The molecule has 4 heteroatoms. The van der Waals surface area contributed by atoms with Crippen LogP contribution in [-0.2, 0) is 9.47 Å². The van der Waals surface area contributed by atoms with E-state index in [1.165, 1.54) is 6.42 Å². The third kappa shape index (κ3) is 3.44. The van der Waals surface area contributed by atoms with Gasteiger partial charge in [0.2, 0.25) is 0 Å². The molecule has 2 fully saturated rings. The Bertz CT molecular complexity index is 250. The van der Waals surface area contributed by atoms with E-state index in [1.54, 1.807) is 0 Å². The Morgan fingerprint density at radius 1 is 1.28 bits per heavy atom. The first kappa shape index (κ1) is 14.3. The fourth-order valence-corrected chi connectivity index (χ4v) is 3.02. The van der Waals surface area contributed by atoms with E-state index in [2.05, 4.69) is 0 Å². The van der Waals surface area contributed by atoms with Gasteiger partial charge in [0.05, 0.1) is 12.7 Å². The maximum absolute atomic E-state index is 10.2. The lowest BCUT2D eigenvalue weighted by Gasteiger charge is -2.32. The molecule has 4 nitrogen and oxygen atoms in total. The van der Waals surface area contributed by atoms with Gasteiger partial charge < -0.3 is 19.7 Å². The van der Waals surface area contributed by atoms with Crippen LogP contribution in [-0.4, -0.2) is 41.4 Å². The van der Waals surface area contributed by atoms with E-state index in [1.807, 2.05) is 6.92 Å². The molecular weight excluding hydrogens is 232 g/mol. The first-order chi connectivity index (χ1) is 8.65. The lowest BCUT2D eigenvalue weighted by atomic mass is 9.94. The minimum absolute atomic E-state index is 0.180. The van der Waals surface area contributed by atoms with Crippen LogP contribution in [0.1, 0.15) is 51.9 Å². The molecule has 2 aliphatic rings. The standard InChI is InChI=1S/C14H26O4/c1-11(5-8-15)9-12(16)13-10-17-14(18-13)6-3-2-4-7-14/h11-13,15-16H,2-10H2,1H3/t11-,12+,13+/m0/s1. The smallest absolute Gasteiger partial charge is 0.169 e.